The lowest BCUT2D eigenvalue weighted by Gasteiger charge is -2.57. The number of fused-ring (bicyclic) bond motifs is 6. The molecular weight excluding hydrogens is 711 g/mol. The van der Waals surface area contributed by atoms with E-state index in [1.807, 2.05) is 0 Å². The zero-order valence-electron chi connectivity index (χ0n) is 35.7. The minimum atomic E-state index is -0.111. The molecular formula is C58H59N. The highest BCUT2D eigenvalue weighted by Crippen LogP contribution is 2.61. The third kappa shape index (κ3) is 5.55. The van der Waals surface area contributed by atoms with Crippen molar-refractivity contribution in [3.63, 3.8) is 0 Å². The van der Waals surface area contributed by atoms with Gasteiger partial charge in [-0.15, -0.1) is 0 Å². The summed E-state index contributed by atoms with van der Waals surface area (Å²) in [5, 5.41) is 0. The topological polar surface area (TPSA) is 3.24 Å². The van der Waals surface area contributed by atoms with Crippen LogP contribution in [0.25, 0.3) is 33.4 Å². The van der Waals surface area contributed by atoms with Gasteiger partial charge in [0.2, 0.25) is 0 Å². The summed E-state index contributed by atoms with van der Waals surface area (Å²) < 4.78 is 0. The number of anilines is 3. The molecule has 0 amide bonds. The van der Waals surface area contributed by atoms with Gasteiger partial charge < -0.3 is 4.90 Å². The Hall–Kier alpha value is -4.88. The van der Waals surface area contributed by atoms with Gasteiger partial charge >= 0.3 is 0 Å². The van der Waals surface area contributed by atoms with Gasteiger partial charge in [0.25, 0.3) is 0 Å². The first-order chi connectivity index (χ1) is 28.6. The van der Waals surface area contributed by atoms with Gasteiger partial charge in [0.15, 0.2) is 0 Å². The molecule has 6 aromatic rings. The maximum absolute atomic E-state index is 2.54. The van der Waals surface area contributed by atoms with Crippen LogP contribution in [0.3, 0.4) is 0 Å². The Morgan fingerprint density at radius 3 is 1.66 bits per heavy atom. The average Bonchev–Trinajstić information content (AvgIpc) is 3.62. The molecule has 1 heteroatoms. The van der Waals surface area contributed by atoms with Gasteiger partial charge in [0, 0.05) is 27.9 Å². The summed E-state index contributed by atoms with van der Waals surface area (Å²) in [6.07, 6.45) is 15.5. The molecule has 0 aromatic heterocycles. The van der Waals surface area contributed by atoms with Crippen LogP contribution in [0.1, 0.15) is 138 Å². The zero-order chi connectivity index (χ0) is 39.7. The first-order valence-corrected chi connectivity index (χ1v) is 23.2. The van der Waals surface area contributed by atoms with Gasteiger partial charge in [-0.3, -0.25) is 0 Å². The molecule has 59 heavy (non-hydrogen) atoms. The normalized spacial score (nSPS) is 25.3. The van der Waals surface area contributed by atoms with Crippen LogP contribution in [0.4, 0.5) is 17.1 Å². The smallest absolute Gasteiger partial charge is 0.0465 e. The van der Waals surface area contributed by atoms with Crippen LogP contribution in [0, 0.1) is 17.8 Å². The van der Waals surface area contributed by atoms with Gasteiger partial charge in [-0.1, -0.05) is 126 Å². The number of rotatable bonds is 6. The number of nitrogens with zero attached hydrogens (tertiary/aromatic N) is 1. The minimum Gasteiger partial charge on any atom is -0.310 e. The van der Waals surface area contributed by atoms with Gasteiger partial charge in [0.05, 0.1) is 0 Å². The van der Waals surface area contributed by atoms with Crippen molar-refractivity contribution in [3.05, 3.63) is 161 Å². The van der Waals surface area contributed by atoms with Crippen molar-refractivity contribution in [2.24, 2.45) is 17.8 Å². The lowest BCUT2D eigenvalue weighted by Crippen LogP contribution is -2.48. The molecule has 5 fully saturated rings. The lowest BCUT2D eigenvalue weighted by molar-refractivity contribution is -0.00518. The molecule has 1 nitrogen and oxygen atoms in total. The maximum Gasteiger partial charge on any atom is 0.0465 e. The SMILES string of the molecule is CC1(C)c2ccccc2-c2ccc(-c3ccc4c(c3)-c3ccc(N(c5ccc(C6CCCCC6)cc5)c5ccc(C67CC8CC(CC(C8)C6)C7)cc5)cc3C4(C)C)cc21. The fourth-order valence-corrected chi connectivity index (χ4v) is 14.2. The molecule has 0 heterocycles. The Labute approximate surface area is 352 Å². The lowest BCUT2D eigenvalue weighted by atomic mass is 9.48. The second-order valence-corrected chi connectivity index (χ2v) is 21.1. The van der Waals surface area contributed by atoms with E-state index in [-0.39, 0.29) is 10.8 Å². The van der Waals surface area contributed by atoms with E-state index in [4.69, 9.17) is 0 Å². The van der Waals surface area contributed by atoms with E-state index < -0.39 is 0 Å². The molecule has 0 aliphatic heterocycles. The van der Waals surface area contributed by atoms with Gasteiger partial charge in [-0.25, -0.2) is 0 Å². The Kier molecular flexibility index (Phi) is 7.97. The van der Waals surface area contributed by atoms with Crippen LogP contribution in [-0.4, -0.2) is 0 Å². The maximum atomic E-state index is 2.54. The molecule has 0 N–H and O–H groups in total. The largest absolute Gasteiger partial charge is 0.310 e. The number of hydrogen-bond donors (Lipinski definition) is 0. The fourth-order valence-electron chi connectivity index (χ4n) is 14.2. The monoisotopic (exact) mass is 769 g/mol. The quantitative estimate of drug-likeness (QED) is 0.163. The van der Waals surface area contributed by atoms with E-state index in [2.05, 4.69) is 160 Å². The molecule has 0 atom stereocenters. The van der Waals surface area contributed by atoms with Crippen LogP contribution in [-0.2, 0) is 16.2 Å². The Bertz CT molecular complexity index is 2580. The van der Waals surface area contributed by atoms with Gasteiger partial charge in [0.1, 0.15) is 0 Å². The van der Waals surface area contributed by atoms with Gasteiger partial charge in [-0.05, 0) is 196 Å². The van der Waals surface area contributed by atoms with Crippen molar-refractivity contribution >= 4 is 17.1 Å². The molecule has 0 saturated heterocycles. The predicted octanol–water partition coefficient (Wildman–Crippen LogP) is 16.0. The van der Waals surface area contributed by atoms with Crippen LogP contribution in [0.5, 0.6) is 0 Å². The molecule has 4 bridgehead atoms. The summed E-state index contributed by atoms with van der Waals surface area (Å²) in [4.78, 5) is 2.54. The predicted molar refractivity (Wildman–Crippen MR) is 247 cm³/mol. The van der Waals surface area contributed by atoms with Gasteiger partial charge in [-0.2, -0.15) is 0 Å². The van der Waals surface area contributed by atoms with E-state index >= 15 is 0 Å². The highest BCUT2D eigenvalue weighted by atomic mass is 15.1. The summed E-state index contributed by atoms with van der Waals surface area (Å²) in [7, 11) is 0. The Morgan fingerprint density at radius 1 is 0.441 bits per heavy atom. The highest BCUT2D eigenvalue weighted by molar-refractivity contribution is 5.89. The standard InChI is InChI=1S/C58H59N/c1-56(2)52-13-9-8-12-48(52)49-25-16-43(32-54(49)56)42-17-27-53-51(31-42)50-26-24-47(33-55(50)57(53,3)4)59(45-20-14-41(15-21-45)40-10-6-5-7-11-40)46-22-18-44(19-23-46)58-34-37-28-38(35-58)30-39(29-37)36-58/h8-9,12-27,31-33,37-40H,5-7,10-11,28-30,34-36H2,1-4H3. The summed E-state index contributed by atoms with van der Waals surface area (Å²) in [5.41, 5.74) is 21.0. The second kappa shape index (κ2) is 13.1. The van der Waals surface area contributed by atoms with E-state index in [1.54, 1.807) is 5.56 Å². The molecule has 5 saturated carbocycles. The highest BCUT2D eigenvalue weighted by Gasteiger charge is 2.51. The third-order valence-electron chi connectivity index (χ3n) is 16.8. The summed E-state index contributed by atoms with van der Waals surface area (Å²) in [6, 6.07) is 50.4. The van der Waals surface area contributed by atoms with E-state index in [0.717, 1.165) is 17.8 Å². The van der Waals surface area contributed by atoms with Crippen LogP contribution >= 0.6 is 0 Å². The Balaban J connectivity index is 0.917. The van der Waals surface area contributed by atoms with Crippen molar-refractivity contribution < 1.29 is 0 Å². The third-order valence-corrected chi connectivity index (χ3v) is 16.8. The fraction of sp³-hybridized carbons (Fsp3) is 0.379. The summed E-state index contributed by atoms with van der Waals surface area (Å²) in [6.45, 7) is 9.62. The molecule has 0 spiro atoms. The van der Waals surface area contributed by atoms with Crippen molar-refractivity contribution in [1.82, 2.24) is 0 Å². The van der Waals surface area contributed by atoms with Crippen molar-refractivity contribution in [3.8, 4) is 33.4 Å². The summed E-state index contributed by atoms with van der Waals surface area (Å²) >= 11 is 0. The molecule has 7 aliphatic carbocycles. The first-order valence-electron chi connectivity index (χ1n) is 23.2. The van der Waals surface area contributed by atoms with Crippen LogP contribution in [0.15, 0.2) is 127 Å². The van der Waals surface area contributed by atoms with Crippen molar-refractivity contribution in [2.75, 3.05) is 4.90 Å². The first kappa shape index (κ1) is 36.0. The molecule has 7 aliphatic rings. The number of benzene rings is 6. The molecule has 6 aromatic carbocycles. The molecule has 0 radical (unpaired) electrons. The second-order valence-electron chi connectivity index (χ2n) is 21.1. The van der Waals surface area contributed by atoms with E-state index in [1.165, 1.54) is 149 Å². The summed E-state index contributed by atoms with van der Waals surface area (Å²) in [5.74, 6) is 3.56. The average molecular weight is 770 g/mol. The van der Waals surface area contributed by atoms with Crippen molar-refractivity contribution in [2.45, 2.75) is 120 Å². The van der Waals surface area contributed by atoms with E-state index in [0.29, 0.717) is 11.3 Å². The number of hydrogen-bond acceptors (Lipinski definition) is 1. The van der Waals surface area contributed by atoms with Crippen molar-refractivity contribution in [1.29, 1.82) is 0 Å². The molecule has 296 valence electrons. The Morgan fingerprint density at radius 2 is 0.966 bits per heavy atom. The molecule has 0 unspecified atom stereocenters. The minimum absolute atomic E-state index is 0.0130. The van der Waals surface area contributed by atoms with Crippen LogP contribution in [0.2, 0.25) is 0 Å². The van der Waals surface area contributed by atoms with E-state index in [9.17, 15) is 0 Å². The van der Waals surface area contributed by atoms with Crippen LogP contribution < -0.4 is 4.90 Å². The molecule has 13 rings (SSSR count). The zero-order valence-corrected chi connectivity index (χ0v) is 35.7.